The number of benzene rings is 1. The topological polar surface area (TPSA) is 61.0 Å². The number of aryl methyl sites for hydroxylation is 2. The summed E-state index contributed by atoms with van der Waals surface area (Å²) in [6, 6.07) is 4.77. The molecule has 0 saturated carbocycles. The van der Waals surface area contributed by atoms with E-state index in [1.165, 1.54) is 6.07 Å². The van der Waals surface area contributed by atoms with Crippen LogP contribution in [-0.4, -0.2) is 14.7 Å². The number of non-ortho nitro benzene ring substituents is 1. The van der Waals surface area contributed by atoms with Crippen LogP contribution < -0.4 is 0 Å². The molecule has 0 fully saturated rings. The van der Waals surface area contributed by atoms with Crippen LogP contribution in [0.4, 0.5) is 5.69 Å². The van der Waals surface area contributed by atoms with Crippen LogP contribution in [0.15, 0.2) is 22.7 Å². The van der Waals surface area contributed by atoms with Crippen molar-refractivity contribution in [1.29, 1.82) is 0 Å². The smallest absolute Gasteiger partial charge is 0.258 e. The molecule has 0 N–H and O–H groups in total. The van der Waals surface area contributed by atoms with E-state index in [1.807, 2.05) is 20.8 Å². The summed E-state index contributed by atoms with van der Waals surface area (Å²) in [4.78, 5) is 10.3. The van der Waals surface area contributed by atoms with Crippen molar-refractivity contribution in [3.05, 3.63) is 49.7 Å². The minimum atomic E-state index is -0.395. The normalized spacial score (nSPS) is 10.7. The second-order valence-electron chi connectivity index (χ2n) is 4.12. The summed E-state index contributed by atoms with van der Waals surface area (Å²) < 4.78 is 2.75. The lowest BCUT2D eigenvalue weighted by Gasteiger charge is -2.07. The quantitative estimate of drug-likeness (QED) is 0.630. The first-order valence-electron chi connectivity index (χ1n) is 5.39. The second kappa shape index (κ2) is 4.53. The zero-order valence-corrected chi connectivity index (χ0v) is 11.9. The molecule has 94 valence electrons. The van der Waals surface area contributed by atoms with E-state index in [1.54, 1.807) is 16.8 Å². The third-order valence-corrected chi connectivity index (χ3v) is 3.97. The van der Waals surface area contributed by atoms with Crippen LogP contribution >= 0.6 is 15.9 Å². The Hall–Kier alpha value is -1.69. The highest BCUT2D eigenvalue weighted by molar-refractivity contribution is 9.10. The van der Waals surface area contributed by atoms with Gasteiger partial charge in [-0.05, 0) is 48.3 Å². The minimum absolute atomic E-state index is 0.0943. The number of hydrogen-bond donors (Lipinski definition) is 0. The Morgan fingerprint density at radius 3 is 2.44 bits per heavy atom. The van der Waals surface area contributed by atoms with Gasteiger partial charge in [0.15, 0.2) is 0 Å². The highest BCUT2D eigenvalue weighted by Crippen LogP contribution is 2.26. The number of aromatic nitrogens is 2. The van der Waals surface area contributed by atoms with E-state index in [0.29, 0.717) is 0 Å². The summed E-state index contributed by atoms with van der Waals surface area (Å²) in [5.74, 6) is 0. The van der Waals surface area contributed by atoms with Crippen LogP contribution in [0.3, 0.4) is 0 Å². The highest BCUT2D eigenvalue weighted by Gasteiger charge is 2.14. The van der Waals surface area contributed by atoms with Crippen LogP contribution in [0.2, 0.25) is 0 Å². The maximum Gasteiger partial charge on any atom is 0.269 e. The fourth-order valence-electron chi connectivity index (χ4n) is 1.85. The summed E-state index contributed by atoms with van der Waals surface area (Å²) in [5, 5.41) is 15.1. The standard InChI is InChI=1S/C12H12BrN3O2/c1-7-6-10(16(17)18)4-5-11(7)15-9(3)12(13)8(2)14-15/h4-6H,1-3H3. The number of hydrogen-bond acceptors (Lipinski definition) is 3. The lowest BCUT2D eigenvalue weighted by Crippen LogP contribution is -2.02. The maximum atomic E-state index is 10.7. The molecule has 0 aliphatic rings. The molecule has 1 aromatic carbocycles. The largest absolute Gasteiger partial charge is 0.269 e. The third-order valence-electron chi connectivity index (χ3n) is 2.82. The van der Waals surface area contributed by atoms with Crippen molar-refractivity contribution in [3.63, 3.8) is 0 Å². The first-order valence-corrected chi connectivity index (χ1v) is 6.18. The molecule has 0 spiro atoms. The van der Waals surface area contributed by atoms with E-state index in [0.717, 1.165) is 27.1 Å². The van der Waals surface area contributed by atoms with Crippen molar-refractivity contribution < 1.29 is 4.92 Å². The predicted octanol–water partition coefficient (Wildman–Crippen LogP) is 3.47. The number of rotatable bonds is 2. The molecule has 2 aromatic rings. The van der Waals surface area contributed by atoms with Crippen LogP contribution in [0, 0.1) is 30.9 Å². The van der Waals surface area contributed by atoms with Gasteiger partial charge in [-0.25, -0.2) is 4.68 Å². The molecule has 0 amide bonds. The van der Waals surface area contributed by atoms with Crippen molar-refractivity contribution in [2.24, 2.45) is 0 Å². The van der Waals surface area contributed by atoms with Crippen molar-refractivity contribution in [2.45, 2.75) is 20.8 Å². The van der Waals surface area contributed by atoms with E-state index in [2.05, 4.69) is 21.0 Å². The number of nitro groups is 1. The first kappa shape index (κ1) is 12.8. The van der Waals surface area contributed by atoms with E-state index in [9.17, 15) is 10.1 Å². The van der Waals surface area contributed by atoms with Gasteiger partial charge in [0.1, 0.15) is 0 Å². The molecule has 0 saturated heterocycles. The average molecular weight is 310 g/mol. The molecule has 0 aliphatic heterocycles. The molecule has 2 rings (SSSR count). The van der Waals surface area contributed by atoms with Gasteiger partial charge in [-0.3, -0.25) is 10.1 Å². The molecule has 5 nitrogen and oxygen atoms in total. The van der Waals surface area contributed by atoms with Crippen LogP contribution in [0.25, 0.3) is 5.69 Å². The molecule has 0 radical (unpaired) electrons. The second-order valence-corrected chi connectivity index (χ2v) is 4.92. The zero-order chi connectivity index (χ0) is 13.4. The molecule has 0 aliphatic carbocycles. The van der Waals surface area contributed by atoms with Gasteiger partial charge in [-0.15, -0.1) is 0 Å². The number of nitro benzene ring substituents is 1. The molecule has 18 heavy (non-hydrogen) atoms. The SMILES string of the molecule is Cc1cc([N+](=O)[O-])ccc1-n1nc(C)c(Br)c1C. The lowest BCUT2D eigenvalue weighted by molar-refractivity contribution is -0.384. The summed E-state index contributed by atoms with van der Waals surface area (Å²) in [6.07, 6.45) is 0. The Morgan fingerprint density at radius 2 is 2.00 bits per heavy atom. The summed E-state index contributed by atoms with van der Waals surface area (Å²) in [7, 11) is 0. The Labute approximate surface area is 113 Å². The van der Waals surface area contributed by atoms with Gasteiger partial charge in [-0.1, -0.05) is 0 Å². The van der Waals surface area contributed by atoms with Crippen LogP contribution in [0.5, 0.6) is 0 Å². The average Bonchev–Trinajstić information content (AvgIpc) is 2.57. The molecule has 0 unspecified atom stereocenters. The summed E-state index contributed by atoms with van der Waals surface area (Å²) in [5.41, 5.74) is 3.64. The lowest BCUT2D eigenvalue weighted by atomic mass is 10.2. The van der Waals surface area contributed by atoms with Crippen LogP contribution in [-0.2, 0) is 0 Å². The summed E-state index contributed by atoms with van der Waals surface area (Å²) in [6.45, 7) is 5.70. The third kappa shape index (κ3) is 2.03. The zero-order valence-electron chi connectivity index (χ0n) is 10.3. The minimum Gasteiger partial charge on any atom is -0.258 e. The monoisotopic (exact) mass is 309 g/mol. The van der Waals surface area contributed by atoms with Crippen molar-refractivity contribution >= 4 is 21.6 Å². The van der Waals surface area contributed by atoms with Crippen molar-refractivity contribution in [3.8, 4) is 5.69 Å². The first-order chi connectivity index (χ1) is 8.41. The van der Waals surface area contributed by atoms with Gasteiger partial charge in [0.2, 0.25) is 0 Å². The Morgan fingerprint density at radius 1 is 1.33 bits per heavy atom. The Balaban J connectivity index is 2.58. The fourth-order valence-corrected chi connectivity index (χ4v) is 2.10. The van der Waals surface area contributed by atoms with Gasteiger partial charge < -0.3 is 0 Å². The van der Waals surface area contributed by atoms with E-state index in [4.69, 9.17) is 0 Å². The predicted molar refractivity (Wildman–Crippen MR) is 72.1 cm³/mol. The molecular formula is C12H12BrN3O2. The van der Waals surface area contributed by atoms with Gasteiger partial charge in [-0.2, -0.15) is 5.10 Å². The number of halogens is 1. The molecule has 0 bridgehead atoms. The molecular weight excluding hydrogens is 298 g/mol. The van der Waals surface area contributed by atoms with Crippen molar-refractivity contribution in [2.75, 3.05) is 0 Å². The highest BCUT2D eigenvalue weighted by atomic mass is 79.9. The van der Waals surface area contributed by atoms with Crippen LogP contribution in [0.1, 0.15) is 17.0 Å². The molecule has 1 aromatic heterocycles. The van der Waals surface area contributed by atoms with E-state index >= 15 is 0 Å². The van der Waals surface area contributed by atoms with Gasteiger partial charge >= 0.3 is 0 Å². The van der Waals surface area contributed by atoms with Gasteiger partial charge in [0, 0.05) is 12.1 Å². The maximum absolute atomic E-state index is 10.7. The van der Waals surface area contributed by atoms with E-state index < -0.39 is 4.92 Å². The van der Waals surface area contributed by atoms with Gasteiger partial charge in [0.05, 0.1) is 26.5 Å². The van der Waals surface area contributed by atoms with Gasteiger partial charge in [0.25, 0.3) is 5.69 Å². The Kier molecular flexibility index (Phi) is 3.21. The van der Waals surface area contributed by atoms with Crippen molar-refractivity contribution in [1.82, 2.24) is 9.78 Å². The van der Waals surface area contributed by atoms with E-state index in [-0.39, 0.29) is 5.69 Å². The molecule has 1 heterocycles. The molecule has 0 atom stereocenters. The molecule has 6 heteroatoms. The Bertz CT molecular complexity index is 634. The summed E-state index contributed by atoms with van der Waals surface area (Å²) >= 11 is 3.47. The number of nitrogens with zero attached hydrogens (tertiary/aromatic N) is 3. The fraction of sp³-hybridized carbons (Fsp3) is 0.250.